The van der Waals surface area contributed by atoms with Gasteiger partial charge in [0.15, 0.2) is 6.19 Å². The minimum atomic E-state index is -0.379. The molecule has 4 nitrogen and oxygen atoms in total. The second-order valence-electron chi connectivity index (χ2n) is 2.85. The Labute approximate surface area is 80.2 Å². The van der Waals surface area contributed by atoms with Crippen molar-refractivity contribution in [2.75, 3.05) is 0 Å². The summed E-state index contributed by atoms with van der Waals surface area (Å²) in [5.41, 5.74) is 1.46. The van der Waals surface area contributed by atoms with Crippen LogP contribution in [0.2, 0.25) is 0 Å². The van der Waals surface area contributed by atoms with Crippen molar-refractivity contribution in [3.8, 4) is 6.19 Å². The predicted octanol–water partition coefficient (Wildman–Crippen LogP) is 1.38. The SMILES string of the molecule is N#CNC(=O)c1ccc2[nH]ccc2c1. The molecule has 4 heteroatoms. The summed E-state index contributed by atoms with van der Waals surface area (Å²) in [7, 11) is 0. The first-order chi connectivity index (χ1) is 6.81. The minimum Gasteiger partial charge on any atom is -0.361 e. The van der Waals surface area contributed by atoms with E-state index in [2.05, 4.69) is 10.3 Å². The van der Waals surface area contributed by atoms with E-state index in [0.29, 0.717) is 5.56 Å². The van der Waals surface area contributed by atoms with Crippen molar-refractivity contribution in [2.24, 2.45) is 0 Å². The number of hydrogen-bond acceptors (Lipinski definition) is 2. The number of benzene rings is 1. The van der Waals surface area contributed by atoms with Crippen molar-refractivity contribution in [1.29, 1.82) is 5.26 Å². The molecule has 0 unspecified atom stereocenters. The van der Waals surface area contributed by atoms with Gasteiger partial charge in [0.25, 0.3) is 5.91 Å². The standard InChI is InChI=1S/C10H7N3O/c11-6-13-10(14)8-1-2-9-7(5-8)3-4-12-9/h1-5,12H,(H,13,14). The number of hydrogen-bond donors (Lipinski definition) is 2. The van der Waals surface area contributed by atoms with E-state index < -0.39 is 0 Å². The lowest BCUT2D eigenvalue weighted by Gasteiger charge is -1.97. The van der Waals surface area contributed by atoms with Crippen LogP contribution in [0.5, 0.6) is 0 Å². The highest BCUT2D eigenvalue weighted by molar-refractivity contribution is 5.98. The first-order valence-electron chi connectivity index (χ1n) is 4.08. The number of carbonyl (C=O) groups is 1. The molecule has 1 aromatic heterocycles. The Morgan fingerprint density at radius 2 is 2.29 bits per heavy atom. The van der Waals surface area contributed by atoms with Crippen LogP contribution in [-0.4, -0.2) is 10.9 Å². The Hall–Kier alpha value is -2.28. The number of H-pyrrole nitrogens is 1. The van der Waals surface area contributed by atoms with Gasteiger partial charge in [-0.15, -0.1) is 0 Å². The Morgan fingerprint density at radius 1 is 1.43 bits per heavy atom. The van der Waals surface area contributed by atoms with E-state index in [0.717, 1.165) is 10.9 Å². The van der Waals surface area contributed by atoms with Crippen LogP contribution in [0, 0.1) is 11.5 Å². The maximum absolute atomic E-state index is 11.3. The van der Waals surface area contributed by atoms with Crippen LogP contribution >= 0.6 is 0 Å². The molecule has 1 aromatic carbocycles. The van der Waals surface area contributed by atoms with E-state index in [-0.39, 0.29) is 5.91 Å². The molecule has 0 spiro atoms. The highest BCUT2D eigenvalue weighted by atomic mass is 16.1. The zero-order valence-corrected chi connectivity index (χ0v) is 7.24. The monoisotopic (exact) mass is 185 g/mol. The number of aromatic nitrogens is 1. The summed E-state index contributed by atoms with van der Waals surface area (Å²) in [6, 6.07) is 7.09. The van der Waals surface area contributed by atoms with Crippen LogP contribution < -0.4 is 5.32 Å². The Kier molecular flexibility index (Phi) is 1.92. The molecule has 1 amide bonds. The van der Waals surface area contributed by atoms with Gasteiger partial charge in [0.1, 0.15) is 0 Å². The minimum absolute atomic E-state index is 0.379. The third kappa shape index (κ3) is 1.31. The molecule has 0 aliphatic carbocycles. The summed E-state index contributed by atoms with van der Waals surface area (Å²) >= 11 is 0. The summed E-state index contributed by atoms with van der Waals surface area (Å²) in [5, 5.41) is 11.3. The van der Waals surface area contributed by atoms with Crippen molar-refractivity contribution in [3.05, 3.63) is 36.0 Å². The Bertz CT molecular complexity index is 521. The second-order valence-corrected chi connectivity index (χ2v) is 2.85. The summed E-state index contributed by atoms with van der Waals surface area (Å²) in [4.78, 5) is 14.3. The number of nitriles is 1. The van der Waals surface area contributed by atoms with Crippen molar-refractivity contribution < 1.29 is 4.79 Å². The van der Waals surface area contributed by atoms with E-state index in [1.807, 2.05) is 12.1 Å². The largest absolute Gasteiger partial charge is 0.361 e. The van der Waals surface area contributed by atoms with Crippen LogP contribution in [0.25, 0.3) is 10.9 Å². The van der Waals surface area contributed by atoms with Gasteiger partial charge in [-0.25, -0.2) is 0 Å². The van der Waals surface area contributed by atoms with Crippen LogP contribution in [0.3, 0.4) is 0 Å². The molecule has 2 rings (SSSR count). The molecule has 1 heterocycles. The summed E-state index contributed by atoms with van der Waals surface area (Å²) in [6.45, 7) is 0. The second kappa shape index (κ2) is 3.23. The summed E-state index contributed by atoms with van der Waals surface area (Å²) < 4.78 is 0. The van der Waals surface area contributed by atoms with Crippen LogP contribution in [0.4, 0.5) is 0 Å². The zero-order valence-electron chi connectivity index (χ0n) is 7.24. The van der Waals surface area contributed by atoms with Gasteiger partial charge < -0.3 is 4.98 Å². The summed E-state index contributed by atoms with van der Waals surface area (Å²) in [5.74, 6) is -0.379. The van der Waals surface area contributed by atoms with Gasteiger partial charge in [-0.05, 0) is 24.3 Å². The van der Waals surface area contributed by atoms with E-state index in [1.54, 1.807) is 24.5 Å². The number of rotatable bonds is 1. The quantitative estimate of drug-likeness (QED) is 0.520. The third-order valence-corrected chi connectivity index (χ3v) is 1.98. The van der Waals surface area contributed by atoms with E-state index in [4.69, 9.17) is 5.26 Å². The van der Waals surface area contributed by atoms with Gasteiger partial charge in [-0.2, -0.15) is 5.26 Å². The highest BCUT2D eigenvalue weighted by Crippen LogP contribution is 2.13. The van der Waals surface area contributed by atoms with Gasteiger partial charge in [-0.3, -0.25) is 10.1 Å². The van der Waals surface area contributed by atoms with Crippen molar-refractivity contribution in [1.82, 2.24) is 10.3 Å². The topological polar surface area (TPSA) is 68.7 Å². The molecule has 68 valence electrons. The van der Waals surface area contributed by atoms with Gasteiger partial charge in [0.05, 0.1) is 0 Å². The number of fused-ring (bicyclic) bond motifs is 1. The third-order valence-electron chi connectivity index (χ3n) is 1.98. The maximum atomic E-state index is 11.3. The highest BCUT2D eigenvalue weighted by Gasteiger charge is 2.04. The van der Waals surface area contributed by atoms with Gasteiger partial charge in [0, 0.05) is 22.7 Å². The molecule has 0 radical (unpaired) electrons. The molecule has 0 aliphatic heterocycles. The lowest BCUT2D eigenvalue weighted by molar-refractivity contribution is 0.0973. The molecular formula is C10H7N3O. The number of aromatic amines is 1. The smallest absolute Gasteiger partial charge is 0.264 e. The number of nitrogens with one attached hydrogen (secondary N) is 2. The normalized spacial score (nSPS) is 9.64. The lowest BCUT2D eigenvalue weighted by atomic mass is 10.1. The molecule has 14 heavy (non-hydrogen) atoms. The first kappa shape index (κ1) is 8.32. The molecule has 0 fully saturated rings. The molecule has 2 aromatic rings. The Morgan fingerprint density at radius 3 is 3.07 bits per heavy atom. The van der Waals surface area contributed by atoms with E-state index >= 15 is 0 Å². The molecule has 0 bridgehead atoms. The molecule has 0 saturated carbocycles. The van der Waals surface area contributed by atoms with Crippen LogP contribution in [-0.2, 0) is 0 Å². The maximum Gasteiger partial charge on any atom is 0.264 e. The van der Waals surface area contributed by atoms with Crippen LogP contribution in [0.1, 0.15) is 10.4 Å². The molecule has 0 saturated heterocycles. The van der Waals surface area contributed by atoms with Gasteiger partial charge >= 0.3 is 0 Å². The average molecular weight is 185 g/mol. The molecule has 0 atom stereocenters. The average Bonchev–Trinajstić information content (AvgIpc) is 2.64. The van der Waals surface area contributed by atoms with Crippen molar-refractivity contribution >= 4 is 16.8 Å². The first-order valence-corrected chi connectivity index (χ1v) is 4.08. The van der Waals surface area contributed by atoms with Crippen molar-refractivity contribution in [3.63, 3.8) is 0 Å². The van der Waals surface area contributed by atoms with Gasteiger partial charge in [-0.1, -0.05) is 0 Å². The zero-order chi connectivity index (χ0) is 9.97. The van der Waals surface area contributed by atoms with E-state index in [9.17, 15) is 4.79 Å². The lowest BCUT2D eigenvalue weighted by Crippen LogP contribution is -2.16. The molecule has 0 aliphatic rings. The van der Waals surface area contributed by atoms with Gasteiger partial charge in [0.2, 0.25) is 0 Å². The fourth-order valence-electron chi connectivity index (χ4n) is 1.32. The number of amides is 1. The summed E-state index contributed by atoms with van der Waals surface area (Å²) in [6.07, 6.45) is 3.40. The van der Waals surface area contributed by atoms with E-state index in [1.165, 1.54) is 0 Å². The van der Waals surface area contributed by atoms with Crippen molar-refractivity contribution in [2.45, 2.75) is 0 Å². The fraction of sp³-hybridized carbons (Fsp3) is 0. The molecular weight excluding hydrogens is 178 g/mol. The number of carbonyl (C=O) groups excluding carboxylic acids is 1. The fourth-order valence-corrected chi connectivity index (χ4v) is 1.32. The molecule has 2 N–H and O–H groups in total. The van der Waals surface area contributed by atoms with Crippen LogP contribution in [0.15, 0.2) is 30.5 Å². The predicted molar refractivity (Wildman–Crippen MR) is 51.4 cm³/mol. The number of nitrogens with zero attached hydrogens (tertiary/aromatic N) is 1. The Balaban J connectivity index is 2.44.